The van der Waals surface area contributed by atoms with Crippen molar-refractivity contribution in [1.82, 2.24) is 4.40 Å². The molecular formula is C25H21ClF3NO3. The summed E-state index contributed by atoms with van der Waals surface area (Å²) in [6, 6.07) is 10.4. The lowest BCUT2D eigenvalue weighted by Gasteiger charge is -2.35. The van der Waals surface area contributed by atoms with Crippen molar-refractivity contribution in [3.05, 3.63) is 76.1 Å². The second kappa shape index (κ2) is 7.62. The lowest BCUT2D eigenvalue weighted by atomic mass is 9.69. The molecule has 2 atom stereocenters. The van der Waals surface area contributed by atoms with E-state index in [1.165, 1.54) is 12.1 Å². The number of fused-ring (bicyclic) bond motifs is 1. The molecule has 0 aliphatic heterocycles. The first kappa shape index (κ1) is 22.0. The van der Waals surface area contributed by atoms with E-state index in [1.54, 1.807) is 22.7 Å². The predicted molar refractivity (Wildman–Crippen MR) is 117 cm³/mol. The molecule has 1 aromatic carbocycles. The highest BCUT2D eigenvalue weighted by molar-refractivity contribution is 6.35. The van der Waals surface area contributed by atoms with Crippen LogP contribution >= 0.6 is 11.6 Å². The van der Waals surface area contributed by atoms with Gasteiger partial charge in [-0.2, -0.15) is 13.2 Å². The van der Waals surface area contributed by atoms with Gasteiger partial charge in [-0.3, -0.25) is 9.59 Å². The van der Waals surface area contributed by atoms with Gasteiger partial charge in [0.05, 0.1) is 27.8 Å². The Bertz CT molecular complexity index is 1280. The third-order valence-corrected chi connectivity index (χ3v) is 7.61. The Balaban J connectivity index is 1.62. The maximum absolute atomic E-state index is 13.7. The van der Waals surface area contributed by atoms with Crippen molar-refractivity contribution in [2.24, 2.45) is 11.3 Å². The van der Waals surface area contributed by atoms with Crippen LogP contribution in [-0.2, 0) is 11.0 Å². The van der Waals surface area contributed by atoms with Crippen molar-refractivity contribution in [3.63, 3.8) is 0 Å². The van der Waals surface area contributed by atoms with Crippen molar-refractivity contribution < 1.29 is 27.9 Å². The predicted octanol–water partition coefficient (Wildman–Crippen LogP) is 6.59. The fraction of sp³-hybridized carbons (Fsp3) is 0.360. The molecule has 1 spiro atoms. The lowest BCUT2D eigenvalue weighted by Crippen LogP contribution is -2.29. The molecule has 2 unspecified atom stereocenters. The fourth-order valence-corrected chi connectivity index (χ4v) is 5.83. The molecule has 2 saturated carbocycles. The number of rotatable bonds is 4. The third kappa shape index (κ3) is 3.62. The first-order valence-electron chi connectivity index (χ1n) is 10.9. The molecule has 4 nitrogen and oxygen atoms in total. The van der Waals surface area contributed by atoms with Crippen LogP contribution in [0.15, 0.2) is 48.7 Å². The molecule has 0 radical (unpaired) electrons. The number of benzene rings is 1. The standard InChI is InChI=1S/C25H21ClF3NO3/c26-18-5-3-4-17(25(27,28)29)21(18)22(31)20-12-15(19-6-1-2-11-30(19)20)16-8-7-14(23(32)33)13-24(16)9-10-24/h1-6,11-12,14,16H,7-10,13H2,(H,32,33). The molecule has 3 aromatic rings. The number of carboxylic acid groups (broad SMARTS) is 1. The molecule has 2 aliphatic rings. The highest BCUT2D eigenvalue weighted by Crippen LogP contribution is 2.65. The van der Waals surface area contributed by atoms with Gasteiger partial charge >= 0.3 is 12.1 Å². The smallest absolute Gasteiger partial charge is 0.417 e. The van der Waals surface area contributed by atoms with Crippen molar-refractivity contribution in [1.29, 1.82) is 0 Å². The van der Waals surface area contributed by atoms with Gasteiger partial charge in [0.25, 0.3) is 0 Å². The summed E-state index contributed by atoms with van der Waals surface area (Å²) in [5, 5.41) is 9.25. The van der Waals surface area contributed by atoms with Crippen molar-refractivity contribution in [2.45, 2.75) is 44.2 Å². The number of halogens is 4. The van der Waals surface area contributed by atoms with Crippen molar-refractivity contribution in [3.8, 4) is 0 Å². The van der Waals surface area contributed by atoms with Crippen LogP contribution in [0.1, 0.15) is 65.2 Å². The van der Waals surface area contributed by atoms with E-state index in [1.807, 2.05) is 12.1 Å². The molecule has 0 amide bonds. The Kier molecular flexibility index (Phi) is 5.08. The average Bonchev–Trinajstić information content (AvgIpc) is 3.42. The van der Waals surface area contributed by atoms with E-state index >= 15 is 0 Å². The van der Waals surface area contributed by atoms with Crippen LogP contribution in [0.4, 0.5) is 13.2 Å². The quantitative estimate of drug-likeness (QED) is 0.433. The molecule has 8 heteroatoms. The zero-order chi connectivity index (χ0) is 23.5. The minimum absolute atomic E-state index is 0.0559. The monoisotopic (exact) mass is 475 g/mol. The third-order valence-electron chi connectivity index (χ3n) is 7.30. The molecular weight excluding hydrogens is 455 g/mol. The first-order valence-corrected chi connectivity index (χ1v) is 11.2. The Morgan fingerprint density at radius 2 is 1.85 bits per heavy atom. The van der Waals surface area contributed by atoms with Gasteiger partial charge in [-0.05, 0) is 79.3 Å². The average molecular weight is 476 g/mol. The number of alkyl halides is 3. The largest absolute Gasteiger partial charge is 0.481 e. The minimum Gasteiger partial charge on any atom is -0.481 e. The zero-order valence-corrected chi connectivity index (χ0v) is 18.3. The maximum Gasteiger partial charge on any atom is 0.417 e. The molecule has 0 saturated heterocycles. The van der Waals surface area contributed by atoms with Gasteiger partial charge in [0.15, 0.2) is 0 Å². The zero-order valence-electron chi connectivity index (χ0n) is 17.5. The van der Waals surface area contributed by atoms with Gasteiger partial charge in [0.2, 0.25) is 5.78 Å². The molecule has 33 heavy (non-hydrogen) atoms. The summed E-state index contributed by atoms with van der Waals surface area (Å²) in [6.45, 7) is 0. The van der Waals surface area contributed by atoms with E-state index in [0.717, 1.165) is 30.0 Å². The summed E-state index contributed by atoms with van der Waals surface area (Å²) in [6.07, 6.45) is 0.563. The van der Waals surface area contributed by atoms with Crippen LogP contribution in [0, 0.1) is 11.3 Å². The first-order chi connectivity index (χ1) is 15.6. The molecule has 2 aliphatic carbocycles. The number of ketones is 1. The molecule has 172 valence electrons. The van der Waals surface area contributed by atoms with Gasteiger partial charge in [0.1, 0.15) is 0 Å². The summed E-state index contributed by atoms with van der Waals surface area (Å²) < 4.78 is 42.6. The van der Waals surface area contributed by atoms with Gasteiger partial charge in [-0.15, -0.1) is 0 Å². The van der Waals surface area contributed by atoms with Crippen LogP contribution in [0.3, 0.4) is 0 Å². The summed E-state index contributed by atoms with van der Waals surface area (Å²) in [7, 11) is 0. The number of aliphatic carboxylic acids is 1. The molecule has 0 bridgehead atoms. The normalized spacial score (nSPS) is 21.9. The van der Waals surface area contributed by atoms with E-state index in [0.29, 0.717) is 19.3 Å². The van der Waals surface area contributed by atoms with Crippen molar-refractivity contribution in [2.75, 3.05) is 0 Å². The lowest BCUT2D eigenvalue weighted by molar-refractivity contribution is -0.143. The Hall–Kier alpha value is -2.80. The van der Waals surface area contributed by atoms with E-state index in [4.69, 9.17) is 11.6 Å². The number of carbonyl (C=O) groups is 2. The Morgan fingerprint density at radius 1 is 1.09 bits per heavy atom. The summed E-state index contributed by atoms with van der Waals surface area (Å²) >= 11 is 6.10. The van der Waals surface area contributed by atoms with Gasteiger partial charge in [-0.25, -0.2) is 0 Å². The van der Waals surface area contributed by atoms with E-state index in [2.05, 4.69) is 0 Å². The second-order valence-electron chi connectivity index (χ2n) is 9.16. The Morgan fingerprint density at radius 3 is 2.52 bits per heavy atom. The number of hydrogen-bond donors (Lipinski definition) is 1. The number of carboxylic acids is 1. The molecule has 1 N–H and O–H groups in total. The van der Waals surface area contributed by atoms with Crippen LogP contribution in [0.5, 0.6) is 0 Å². The Labute approximate surface area is 193 Å². The molecule has 5 rings (SSSR count). The summed E-state index contributed by atoms with van der Waals surface area (Å²) in [5.74, 6) is -1.89. The number of aromatic nitrogens is 1. The van der Waals surface area contributed by atoms with Gasteiger partial charge in [-0.1, -0.05) is 23.7 Å². The van der Waals surface area contributed by atoms with E-state index in [9.17, 15) is 27.9 Å². The van der Waals surface area contributed by atoms with Crippen LogP contribution in [0.2, 0.25) is 5.02 Å². The van der Waals surface area contributed by atoms with Crippen LogP contribution < -0.4 is 0 Å². The van der Waals surface area contributed by atoms with E-state index < -0.39 is 29.1 Å². The second-order valence-corrected chi connectivity index (χ2v) is 9.57. The topological polar surface area (TPSA) is 58.8 Å². The highest BCUT2D eigenvalue weighted by atomic mass is 35.5. The van der Waals surface area contributed by atoms with E-state index in [-0.39, 0.29) is 28.0 Å². The SMILES string of the molecule is O=C(c1c(Cl)cccc1C(F)(F)F)c1cc(C2CCC(C(=O)O)CC23CC3)c2ccccn12. The van der Waals surface area contributed by atoms with Crippen molar-refractivity contribution >= 4 is 28.9 Å². The molecule has 2 fully saturated rings. The summed E-state index contributed by atoms with van der Waals surface area (Å²) in [5.41, 5.74) is 0.0221. The maximum atomic E-state index is 13.7. The molecule has 2 aromatic heterocycles. The fourth-order valence-electron chi connectivity index (χ4n) is 5.57. The van der Waals surface area contributed by atoms with Gasteiger partial charge < -0.3 is 9.51 Å². The van der Waals surface area contributed by atoms with Gasteiger partial charge in [0, 0.05) is 11.7 Å². The van der Waals surface area contributed by atoms with Crippen LogP contribution in [-0.4, -0.2) is 21.3 Å². The highest BCUT2D eigenvalue weighted by Gasteiger charge is 2.54. The number of hydrogen-bond acceptors (Lipinski definition) is 2. The number of pyridine rings is 1. The number of carbonyl (C=O) groups excluding carboxylic acids is 1. The summed E-state index contributed by atoms with van der Waals surface area (Å²) in [4.78, 5) is 25.0. The molecule has 2 heterocycles. The van der Waals surface area contributed by atoms with Crippen LogP contribution in [0.25, 0.3) is 5.52 Å². The minimum atomic E-state index is -4.72. The number of nitrogens with zero attached hydrogens (tertiary/aromatic N) is 1.